The number of aromatic nitrogens is 2. The van der Waals surface area contributed by atoms with E-state index in [1.807, 2.05) is 23.7 Å². The summed E-state index contributed by atoms with van der Waals surface area (Å²) in [4.78, 5) is 16.7. The molecule has 4 rings (SSSR count). The molecule has 33 heavy (non-hydrogen) atoms. The zero-order chi connectivity index (χ0) is 23.6. The molecule has 0 aliphatic carbocycles. The molecule has 3 aromatic rings. The fourth-order valence-corrected chi connectivity index (χ4v) is 4.19. The monoisotopic (exact) mass is 479 g/mol. The summed E-state index contributed by atoms with van der Waals surface area (Å²) in [5.74, 6) is -0.549. The molecule has 0 saturated carbocycles. The number of fused-ring (bicyclic) bond motifs is 1. The van der Waals surface area contributed by atoms with E-state index in [0.29, 0.717) is 12.4 Å². The zero-order valence-corrected chi connectivity index (χ0v) is 18.8. The zero-order valence-electron chi connectivity index (χ0n) is 18.0. The minimum absolute atomic E-state index is 0.211. The molecule has 11 heteroatoms. The maximum absolute atomic E-state index is 12.4. The van der Waals surface area contributed by atoms with Crippen molar-refractivity contribution in [2.75, 3.05) is 38.0 Å². The molecule has 1 aromatic heterocycles. The number of halogens is 3. The molecule has 1 saturated heterocycles. The molecule has 1 fully saturated rings. The number of amides is 1. The highest BCUT2D eigenvalue weighted by Crippen LogP contribution is 2.24. The number of imidazole rings is 1. The summed E-state index contributed by atoms with van der Waals surface area (Å²) >= 11 is 5.61. The van der Waals surface area contributed by atoms with Crippen LogP contribution in [-0.4, -0.2) is 63.9 Å². The third kappa shape index (κ3) is 5.73. The van der Waals surface area contributed by atoms with Gasteiger partial charge in [-0.05, 0) is 48.6 Å². The van der Waals surface area contributed by atoms with Crippen LogP contribution in [0, 0.1) is 4.77 Å². The molecule has 1 aliphatic heterocycles. The van der Waals surface area contributed by atoms with Crippen molar-refractivity contribution < 1.29 is 22.7 Å². The van der Waals surface area contributed by atoms with E-state index in [1.165, 1.54) is 24.3 Å². The number of nitrogens with one attached hydrogen (secondary N) is 1. The van der Waals surface area contributed by atoms with Gasteiger partial charge in [0.05, 0.1) is 24.2 Å². The number of ether oxygens (including phenoxy) is 1. The lowest BCUT2D eigenvalue weighted by Gasteiger charge is -2.34. The van der Waals surface area contributed by atoms with Crippen molar-refractivity contribution >= 4 is 34.8 Å². The van der Waals surface area contributed by atoms with Crippen molar-refractivity contribution in [3.05, 3.63) is 53.3 Å². The molecular weight excluding hydrogens is 455 g/mol. The van der Waals surface area contributed by atoms with Crippen LogP contribution in [0.1, 0.15) is 0 Å². The van der Waals surface area contributed by atoms with Gasteiger partial charge in [0.2, 0.25) is 5.91 Å². The lowest BCUT2D eigenvalue weighted by atomic mass is 10.3. The van der Waals surface area contributed by atoms with Gasteiger partial charge in [0, 0.05) is 38.9 Å². The van der Waals surface area contributed by atoms with Gasteiger partial charge in [-0.25, -0.2) is 0 Å². The van der Waals surface area contributed by atoms with E-state index >= 15 is 0 Å². The van der Waals surface area contributed by atoms with Gasteiger partial charge in [-0.15, -0.1) is 13.2 Å². The molecule has 0 spiro atoms. The maximum atomic E-state index is 12.4. The largest absolute Gasteiger partial charge is 0.573 e. The summed E-state index contributed by atoms with van der Waals surface area (Å²) in [6.07, 6.45) is -4.74. The number of hydrogen-bond acceptors (Lipinski definition) is 5. The molecule has 1 amide bonds. The van der Waals surface area contributed by atoms with Gasteiger partial charge in [0.1, 0.15) is 5.75 Å². The Hall–Kier alpha value is -2.89. The van der Waals surface area contributed by atoms with Crippen molar-refractivity contribution in [1.82, 2.24) is 18.9 Å². The van der Waals surface area contributed by atoms with Gasteiger partial charge in [0.15, 0.2) is 4.77 Å². The molecule has 7 nitrogen and oxygen atoms in total. The van der Waals surface area contributed by atoms with Crippen molar-refractivity contribution in [2.45, 2.75) is 13.0 Å². The minimum atomic E-state index is -4.74. The summed E-state index contributed by atoms with van der Waals surface area (Å²) < 4.78 is 45.5. The molecule has 1 N–H and O–H groups in total. The minimum Gasteiger partial charge on any atom is -0.406 e. The smallest absolute Gasteiger partial charge is 0.406 e. The van der Waals surface area contributed by atoms with Crippen LogP contribution in [0.5, 0.6) is 5.75 Å². The van der Waals surface area contributed by atoms with E-state index < -0.39 is 6.36 Å². The van der Waals surface area contributed by atoms with Crippen LogP contribution in [-0.2, 0) is 18.5 Å². The molecule has 0 bridgehead atoms. The van der Waals surface area contributed by atoms with Crippen LogP contribution in [0.2, 0.25) is 0 Å². The molecule has 2 heterocycles. The fourth-order valence-electron chi connectivity index (χ4n) is 3.93. The maximum Gasteiger partial charge on any atom is 0.573 e. The standard InChI is InChI=1S/C22H24F3N5O2S/c1-27-18-4-2-3-5-19(18)30(21(27)33)15-29-12-10-28(11-13-29)14-20(31)26-16-6-8-17(9-7-16)32-22(23,24)25/h2-9H,10-15H2,1H3,(H,26,31). The predicted molar refractivity (Wildman–Crippen MR) is 122 cm³/mol. The predicted octanol–water partition coefficient (Wildman–Crippen LogP) is 3.82. The Bertz CT molecular complexity index is 1180. The second-order valence-corrected chi connectivity index (χ2v) is 8.28. The lowest BCUT2D eigenvalue weighted by Crippen LogP contribution is -2.48. The highest BCUT2D eigenvalue weighted by molar-refractivity contribution is 7.71. The third-order valence-corrected chi connectivity index (χ3v) is 6.09. The Balaban J connectivity index is 1.27. The highest BCUT2D eigenvalue weighted by atomic mass is 32.1. The SMILES string of the molecule is Cn1c(=S)n(CN2CCN(CC(=O)Nc3ccc(OC(F)(F)F)cc3)CC2)c2ccccc21. The lowest BCUT2D eigenvalue weighted by molar-refractivity contribution is -0.274. The van der Waals surface area contributed by atoms with Crippen molar-refractivity contribution in [2.24, 2.45) is 7.05 Å². The van der Waals surface area contributed by atoms with E-state index in [9.17, 15) is 18.0 Å². The van der Waals surface area contributed by atoms with Crippen molar-refractivity contribution in [1.29, 1.82) is 0 Å². The van der Waals surface area contributed by atoms with E-state index in [-0.39, 0.29) is 18.2 Å². The summed E-state index contributed by atoms with van der Waals surface area (Å²) in [7, 11) is 1.97. The van der Waals surface area contributed by atoms with Gasteiger partial charge in [-0.3, -0.25) is 14.6 Å². The number of benzene rings is 2. The number of carbonyl (C=O) groups excluding carboxylic acids is 1. The Morgan fingerprint density at radius 1 is 1.00 bits per heavy atom. The van der Waals surface area contributed by atoms with Crippen LogP contribution in [0.15, 0.2) is 48.5 Å². The Morgan fingerprint density at radius 3 is 2.24 bits per heavy atom. The second kappa shape index (κ2) is 9.54. The van der Waals surface area contributed by atoms with E-state index in [4.69, 9.17) is 12.2 Å². The number of carbonyl (C=O) groups is 1. The summed E-state index contributed by atoms with van der Waals surface area (Å²) in [6.45, 7) is 3.94. The molecule has 176 valence electrons. The van der Waals surface area contributed by atoms with Crippen LogP contribution >= 0.6 is 12.2 Å². The molecule has 0 unspecified atom stereocenters. The first-order valence-corrected chi connectivity index (χ1v) is 10.8. The van der Waals surface area contributed by atoms with Gasteiger partial charge in [-0.2, -0.15) is 0 Å². The molecule has 1 aliphatic rings. The normalized spacial score (nSPS) is 15.6. The number of alkyl halides is 3. The average molecular weight is 480 g/mol. The van der Waals surface area contributed by atoms with E-state index in [1.54, 1.807) is 0 Å². The highest BCUT2D eigenvalue weighted by Gasteiger charge is 2.31. The Labute approximate surface area is 193 Å². The molecule has 0 radical (unpaired) electrons. The number of para-hydroxylation sites is 2. The van der Waals surface area contributed by atoms with Gasteiger partial charge >= 0.3 is 6.36 Å². The van der Waals surface area contributed by atoms with Crippen LogP contribution < -0.4 is 10.1 Å². The number of hydrogen-bond donors (Lipinski definition) is 1. The number of aryl methyl sites for hydroxylation is 1. The van der Waals surface area contributed by atoms with Crippen molar-refractivity contribution in [3.8, 4) is 5.75 Å². The van der Waals surface area contributed by atoms with Crippen molar-refractivity contribution in [3.63, 3.8) is 0 Å². The first-order valence-electron chi connectivity index (χ1n) is 10.4. The van der Waals surface area contributed by atoms with E-state index in [0.717, 1.165) is 42.0 Å². The molecule has 2 aromatic carbocycles. The average Bonchev–Trinajstić information content (AvgIpc) is 3.00. The quantitative estimate of drug-likeness (QED) is 0.545. The van der Waals surface area contributed by atoms with Crippen LogP contribution in [0.3, 0.4) is 0 Å². The second-order valence-electron chi connectivity index (χ2n) is 7.91. The van der Waals surface area contributed by atoms with E-state index in [2.05, 4.69) is 36.6 Å². The number of rotatable bonds is 6. The number of piperazine rings is 1. The Kier molecular flexibility index (Phi) is 6.73. The summed E-state index contributed by atoms with van der Waals surface area (Å²) in [6, 6.07) is 13.2. The fraction of sp³-hybridized carbons (Fsp3) is 0.364. The van der Waals surface area contributed by atoms with Gasteiger partial charge < -0.3 is 19.2 Å². The summed E-state index contributed by atoms with van der Waals surface area (Å²) in [5, 5.41) is 2.71. The van der Waals surface area contributed by atoms with Gasteiger partial charge in [-0.1, -0.05) is 12.1 Å². The first kappa shape index (κ1) is 23.3. The first-order chi connectivity index (χ1) is 15.7. The topological polar surface area (TPSA) is 54.7 Å². The molecular formula is C22H24F3N5O2S. The van der Waals surface area contributed by atoms with Gasteiger partial charge in [0.25, 0.3) is 0 Å². The Morgan fingerprint density at radius 2 is 1.61 bits per heavy atom. The number of nitrogens with zero attached hydrogens (tertiary/aromatic N) is 4. The number of anilines is 1. The third-order valence-electron chi connectivity index (χ3n) is 5.60. The summed E-state index contributed by atoms with van der Waals surface area (Å²) in [5.41, 5.74) is 2.60. The molecule has 0 atom stereocenters. The van der Waals surface area contributed by atoms with Crippen LogP contribution in [0.25, 0.3) is 11.0 Å². The van der Waals surface area contributed by atoms with Crippen LogP contribution in [0.4, 0.5) is 18.9 Å².